The lowest BCUT2D eigenvalue weighted by molar-refractivity contribution is 0.400. The zero-order valence-corrected chi connectivity index (χ0v) is 21.9. The van der Waals surface area contributed by atoms with Crippen LogP contribution in [-0.2, 0) is 6.42 Å². The van der Waals surface area contributed by atoms with Gasteiger partial charge in [-0.05, 0) is 87.9 Å². The standard InChI is InChI=1S/C31H31FN6/c1-5-9-25(23-16-21(17-24(32)18-23)10-8-15-38(3)4)29-20(2)34-31(35-29)30-26-19-22(12-13-28(26)36-37-30)27-11-6-7-14-33-27/h5-7,9,11-14,16-19H,1,8,10,15H2,2-4H3,(H,34,35)(H,36,37)/b25-9-. The number of nitrogens with zero attached hydrogens (tertiary/aromatic N) is 4. The van der Waals surface area contributed by atoms with Gasteiger partial charge in [0, 0.05) is 28.4 Å². The van der Waals surface area contributed by atoms with Crippen molar-refractivity contribution in [1.82, 2.24) is 30.0 Å². The van der Waals surface area contributed by atoms with Crippen LogP contribution in [0.5, 0.6) is 0 Å². The molecule has 6 nitrogen and oxygen atoms in total. The van der Waals surface area contributed by atoms with E-state index in [2.05, 4.69) is 37.7 Å². The molecule has 0 aliphatic heterocycles. The van der Waals surface area contributed by atoms with E-state index < -0.39 is 0 Å². The number of allylic oxidation sites excluding steroid dienone is 2. The molecule has 2 N–H and O–H groups in total. The number of pyridine rings is 1. The summed E-state index contributed by atoms with van der Waals surface area (Å²) in [6.07, 6.45) is 7.13. The van der Waals surface area contributed by atoms with Gasteiger partial charge in [0.2, 0.25) is 0 Å². The third kappa shape index (κ3) is 5.33. The van der Waals surface area contributed by atoms with E-state index in [1.807, 2.05) is 63.5 Å². The fourth-order valence-electron chi connectivity index (χ4n) is 4.70. The summed E-state index contributed by atoms with van der Waals surface area (Å²) in [6, 6.07) is 17.2. The molecule has 0 radical (unpaired) electrons. The first-order valence-electron chi connectivity index (χ1n) is 12.7. The van der Waals surface area contributed by atoms with Gasteiger partial charge in [-0.1, -0.05) is 36.9 Å². The van der Waals surface area contributed by atoms with Crippen molar-refractivity contribution in [2.24, 2.45) is 0 Å². The lowest BCUT2D eigenvalue weighted by Gasteiger charge is -2.11. The molecule has 0 amide bonds. The second kappa shape index (κ2) is 10.9. The fraction of sp³-hybridized carbons (Fsp3) is 0.194. The molecule has 192 valence electrons. The van der Waals surface area contributed by atoms with Crippen molar-refractivity contribution in [2.45, 2.75) is 19.8 Å². The van der Waals surface area contributed by atoms with Crippen LogP contribution in [0.1, 0.15) is 28.9 Å². The minimum absolute atomic E-state index is 0.258. The van der Waals surface area contributed by atoms with Crippen LogP contribution in [0.3, 0.4) is 0 Å². The van der Waals surface area contributed by atoms with Crippen molar-refractivity contribution in [3.63, 3.8) is 0 Å². The molecule has 0 atom stereocenters. The van der Waals surface area contributed by atoms with Crippen LogP contribution in [0.25, 0.3) is 39.3 Å². The number of halogens is 1. The zero-order valence-electron chi connectivity index (χ0n) is 21.9. The number of hydrogen-bond acceptors (Lipinski definition) is 4. The van der Waals surface area contributed by atoms with Gasteiger partial charge in [-0.2, -0.15) is 5.10 Å². The van der Waals surface area contributed by atoms with Crippen LogP contribution in [0, 0.1) is 12.7 Å². The maximum atomic E-state index is 14.7. The summed E-state index contributed by atoms with van der Waals surface area (Å²) in [6.45, 7) is 6.81. The van der Waals surface area contributed by atoms with Crippen LogP contribution in [-0.4, -0.2) is 50.7 Å². The van der Waals surface area contributed by atoms with E-state index in [4.69, 9.17) is 4.98 Å². The number of benzene rings is 2. The molecular weight excluding hydrogens is 475 g/mol. The maximum absolute atomic E-state index is 14.7. The molecule has 0 bridgehead atoms. The van der Waals surface area contributed by atoms with Gasteiger partial charge in [-0.3, -0.25) is 10.1 Å². The Labute approximate surface area is 222 Å². The summed E-state index contributed by atoms with van der Waals surface area (Å²) in [5.41, 5.74) is 7.66. The summed E-state index contributed by atoms with van der Waals surface area (Å²) < 4.78 is 14.7. The maximum Gasteiger partial charge on any atom is 0.159 e. The second-order valence-electron chi connectivity index (χ2n) is 9.68. The predicted octanol–water partition coefficient (Wildman–Crippen LogP) is 6.57. The lowest BCUT2D eigenvalue weighted by Crippen LogP contribution is -2.13. The molecule has 38 heavy (non-hydrogen) atoms. The third-order valence-electron chi connectivity index (χ3n) is 6.51. The molecule has 5 rings (SSSR count). The number of aryl methyl sites for hydroxylation is 2. The number of aromatic amines is 2. The molecule has 7 heteroatoms. The Balaban J connectivity index is 1.53. The first kappa shape index (κ1) is 25.3. The molecule has 0 saturated heterocycles. The van der Waals surface area contributed by atoms with Crippen molar-refractivity contribution >= 4 is 16.5 Å². The van der Waals surface area contributed by atoms with Gasteiger partial charge in [0.05, 0.1) is 16.9 Å². The normalized spacial score (nSPS) is 12.0. The molecule has 0 aliphatic rings. The number of nitrogens with one attached hydrogen (secondary N) is 2. The van der Waals surface area contributed by atoms with E-state index in [1.165, 1.54) is 0 Å². The number of rotatable bonds is 9. The highest BCUT2D eigenvalue weighted by molar-refractivity contribution is 5.94. The van der Waals surface area contributed by atoms with Gasteiger partial charge in [0.25, 0.3) is 0 Å². The Morgan fingerprint density at radius 3 is 2.74 bits per heavy atom. The van der Waals surface area contributed by atoms with Gasteiger partial charge >= 0.3 is 0 Å². The smallest absolute Gasteiger partial charge is 0.159 e. The van der Waals surface area contributed by atoms with Gasteiger partial charge < -0.3 is 9.88 Å². The van der Waals surface area contributed by atoms with Gasteiger partial charge in [-0.15, -0.1) is 0 Å². The molecule has 0 saturated carbocycles. The summed E-state index contributed by atoms with van der Waals surface area (Å²) in [7, 11) is 4.09. The molecule has 3 aromatic heterocycles. The molecule has 5 aromatic rings. The van der Waals surface area contributed by atoms with E-state index in [1.54, 1.807) is 24.4 Å². The Bertz CT molecular complexity index is 1610. The van der Waals surface area contributed by atoms with E-state index in [-0.39, 0.29) is 5.82 Å². The Hall–Kier alpha value is -4.36. The van der Waals surface area contributed by atoms with Gasteiger partial charge in [0.15, 0.2) is 5.82 Å². The van der Waals surface area contributed by atoms with E-state index in [0.29, 0.717) is 11.5 Å². The van der Waals surface area contributed by atoms with Gasteiger partial charge in [0.1, 0.15) is 11.5 Å². The highest BCUT2D eigenvalue weighted by Gasteiger charge is 2.19. The van der Waals surface area contributed by atoms with E-state index in [0.717, 1.165) is 69.6 Å². The predicted molar refractivity (Wildman–Crippen MR) is 152 cm³/mol. The van der Waals surface area contributed by atoms with Crippen molar-refractivity contribution in [3.05, 3.63) is 108 Å². The lowest BCUT2D eigenvalue weighted by atomic mass is 9.97. The minimum atomic E-state index is -0.258. The van der Waals surface area contributed by atoms with E-state index >= 15 is 0 Å². The van der Waals surface area contributed by atoms with Crippen molar-refractivity contribution in [3.8, 4) is 22.8 Å². The van der Waals surface area contributed by atoms with Crippen molar-refractivity contribution < 1.29 is 4.39 Å². The Morgan fingerprint density at radius 2 is 1.97 bits per heavy atom. The van der Waals surface area contributed by atoms with Crippen LogP contribution in [0.15, 0.2) is 79.5 Å². The highest BCUT2D eigenvalue weighted by atomic mass is 19.1. The number of fused-ring (bicyclic) bond motifs is 1. The van der Waals surface area contributed by atoms with Crippen LogP contribution in [0.4, 0.5) is 4.39 Å². The SMILES string of the molecule is C=C/C=C(/c1cc(F)cc(CCCN(C)C)c1)c1nc(-c2n[nH]c3ccc(-c4ccccn4)cc23)[nH]c1C. The topological polar surface area (TPSA) is 73.5 Å². The number of hydrogen-bond donors (Lipinski definition) is 2. The van der Waals surface area contributed by atoms with Crippen molar-refractivity contribution in [2.75, 3.05) is 20.6 Å². The van der Waals surface area contributed by atoms with Crippen molar-refractivity contribution in [1.29, 1.82) is 0 Å². The molecule has 0 fully saturated rings. The van der Waals surface area contributed by atoms with Gasteiger partial charge in [-0.25, -0.2) is 9.37 Å². The monoisotopic (exact) mass is 506 g/mol. The minimum Gasteiger partial charge on any atom is -0.340 e. The summed E-state index contributed by atoms with van der Waals surface area (Å²) >= 11 is 0. The first-order valence-corrected chi connectivity index (χ1v) is 12.7. The zero-order chi connectivity index (χ0) is 26.6. The number of H-pyrrole nitrogens is 2. The average molecular weight is 507 g/mol. The van der Waals surface area contributed by atoms with E-state index in [9.17, 15) is 4.39 Å². The molecule has 0 spiro atoms. The van der Waals surface area contributed by atoms with Crippen LogP contribution in [0.2, 0.25) is 0 Å². The molecule has 0 aliphatic carbocycles. The largest absolute Gasteiger partial charge is 0.340 e. The highest BCUT2D eigenvalue weighted by Crippen LogP contribution is 2.32. The summed E-state index contributed by atoms with van der Waals surface area (Å²) in [5.74, 6) is 0.380. The number of aromatic nitrogens is 5. The number of imidazole rings is 1. The van der Waals surface area contributed by atoms with Crippen LogP contribution < -0.4 is 0 Å². The Morgan fingerprint density at radius 1 is 1.11 bits per heavy atom. The molecule has 3 heterocycles. The molecular formula is C31H31FN6. The Kier molecular flexibility index (Phi) is 7.29. The van der Waals surface area contributed by atoms with Crippen LogP contribution >= 0.6 is 0 Å². The third-order valence-corrected chi connectivity index (χ3v) is 6.51. The fourth-order valence-corrected chi connectivity index (χ4v) is 4.70. The summed E-state index contributed by atoms with van der Waals surface area (Å²) in [4.78, 5) is 15.0. The second-order valence-corrected chi connectivity index (χ2v) is 9.68. The average Bonchev–Trinajstić information content (AvgIpc) is 3.50. The first-order chi connectivity index (χ1) is 18.4. The quantitative estimate of drug-likeness (QED) is 0.222. The summed E-state index contributed by atoms with van der Waals surface area (Å²) in [5, 5.41) is 8.62. The molecule has 0 unspecified atom stereocenters. The molecule has 2 aromatic carbocycles.